The van der Waals surface area contributed by atoms with Crippen molar-refractivity contribution in [3.8, 4) is 0 Å². The second-order valence-electron chi connectivity index (χ2n) is 5.02. The first-order valence-corrected chi connectivity index (χ1v) is 6.76. The van der Waals surface area contributed by atoms with E-state index in [4.69, 9.17) is 4.74 Å². The van der Waals surface area contributed by atoms with Gasteiger partial charge in [0.1, 0.15) is 6.33 Å². The first-order chi connectivity index (χ1) is 9.83. The molecule has 2 heterocycles. The van der Waals surface area contributed by atoms with Crippen molar-refractivity contribution >= 4 is 5.78 Å². The third-order valence-corrected chi connectivity index (χ3v) is 3.93. The van der Waals surface area contributed by atoms with Crippen LogP contribution in [0.15, 0.2) is 49.1 Å². The molecule has 0 bridgehead atoms. The van der Waals surface area contributed by atoms with E-state index < -0.39 is 5.41 Å². The van der Waals surface area contributed by atoms with E-state index in [1.165, 1.54) is 6.33 Å². The van der Waals surface area contributed by atoms with Gasteiger partial charge in [-0.1, -0.05) is 30.3 Å². The molecule has 4 nitrogen and oxygen atoms in total. The van der Waals surface area contributed by atoms with Gasteiger partial charge in [0.05, 0.1) is 11.0 Å². The number of carbonyl (C=O) groups excluding carboxylic acids is 1. The Morgan fingerprint density at radius 3 is 2.35 bits per heavy atom. The van der Waals surface area contributed by atoms with Crippen LogP contribution in [0.5, 0.6) is 0 Å². The minimum Gasteiger partial charge on any atom is -0.381 e. The normalized spacial score (nSPS) is 17.6. The largest absolute Gasteiger partial charge is 0.381 e. The summed E-state index contributed by atoms with van der Waals surface area (Å²) in [5.74, 6) is 0.0904. The van der Waals surface area contributed by atoms with Gasteiger partial charge in [-0.15, -0.1) is 0 Å². The van der Waals surface area contributed by atoms with Crippen LogP contribution in [0.2, 0.25) is 0 Å². The van der Waals surface area contributed by atoms with E-state index in [0.29, 0.717) is 31.6 Å². The number of nitrogens with zero attached hydrogens (tertiary/aromatic N) is 2. The number of ketones is 1. The van der Waals surface area contributed by atoms with Crippen molar-refractivity contribution in [2.24, 2.45) is 0 Å². The Labute approximate surface area is 117 Å². The first-order valence-electron chi connectivity index (χ1n) is 6.76. The Morgan fingerprint density at radius 2 is 1.70 bits per heavy atom. The second-order valence-corrected chi connectivity index (χ2v) is 5.02. The van der Waals surface area contributed by atoms with E-state index in [1.54, 1.807) is 12.4 Å². The first kappa shape index (κ1) is 12.9. The number of hydrogen-bond acceptors (Lipinski definition) is 4. The molecule has 0 spiro atoms. The SMILES string of the molecule is O=C(c1cncnc1)C1(c2ccccc2)CCOCC1. The summed E-state index contributed by atoms with van der Waals surface area (Å²) in [6.45, 7) is 1.21. The Kier molecular flexibility index (Phi) is 3.56. The van der Waals surface area contributed by atoms with Crippen LogP contribution in [0.3, 0.4) is 0 Å². The van der Waals surface area contributed by atoms with Crippen molar-refractivity contribution in [2.45, 2.75) is 18.3 Å². The molecule has 0 aliphatic carbocycles. The quantitative estimate of drug-likeness (QED) is 0.802. The van der Waals surface area contributed by atoms with Gasteiger partial charge in [0.2, 0.25) is 0 Å². The highest BCUT2D eigenvalue weighted by atomic mass is 16.5. The maximum Gasteiger partial charge on any atom is 0.176 e. The highest BCUT2D eigenvalue weighted by Gasteiger charge is 2.42. The van der Waals surface area contributed by atoms with Crippen molar-refractivity contribution in [3.05, 3.63) is 60.2 Å². The average molecular weight is 268 g/mol. The fourth-order valence-electron chi connectivity index (χ4n) is 2.82. The van der Waals surface area contributed by atoms with Crippen LogP contribution in [0.1, 0.15) is 28.8 Å². The zero-order valence-corrected chi connectivity index (χ0v) is 11.2. The van der Waals surface area contributed by atoms with Crippen molar-refractivity contribution in [1.29, 1.82) is 0 Å². The van der Waals surface area contributed by atoms with Crippen LogP contribution < -0.4 is 0 Å². The minimum absolute atomic E-state index is 0.0904. The summed E-state index contributed by atoms with van der Waals surface area (Å²) in [5, 5.41) is 0. The molecule has 1 aromatic carbocycles. The maximum atomic E-state index is 13.0. The number of Topliss-reactive ketones (excluding diaryl/α,β-unsaturated/α-hetero) is 1. The highest BCUT2D eigenvalue weighted by Crippen LogP contribution is 2.37. The summed E-state index contributed by atoms with van der Waals surface area (Å²) < 4.78 is 5.45. The smallest absolute Gasteiger partial charge is 0.176 e. The Morgan fingerprint density at radius 1 is 1.05 bits per heavy atom. The Hall–Kier alpha value is -2.07. The van der Waals surface area contributed by atoms with Crippen LogP contribution in [-0.2, 0) is 10.2 Å². The van der Waals surface area contributed by atoms with Crippen LogP contribution in [0.25, 0.3) is 0 Å². The minimum atomic E-state index is -0.510. The highest BCUT2D eigenvalue weighted by molar-refractivity contribution is 6.03. The van der Waals surface area contributed by atoms with Gasteiger partial charge in [0.15, 0.2) is 5.78 Å². The fourth-order valence-corrected chi connectivity index (χ4v) is 2.82. The molecule has 4 heteroatoms. The molecule has 0 unspecified atom stereocenters. The standard InChI is InChI=1S/C16H16N2O2/c19-15(13-10-17-12-18-11-13)16(6-8-20-9-7-16)14-4-2-1-3-5-14/h1-5,10-12H,6-9H2. The van der Waals surface area contributed by atoms with Crippen molar-refractivity contribution < 1.29 is 9.53 Å². The van der Waals surface area contributed by atoms with Gasteiger partial charge in [0.25, 0.3) is 0 Å². The predicted octanol–water partition coefficient (Wildman–Crippen LogP) is 2.41. The van der Waals surface area contributed by atoms with Gasteiger partial charge >= 0.3 is 0 Å². The van der Waals surface area contributed by atoms with Crippen LogP contribution in [0.4, 0.5) is 0 Å². The van der Waals surface area contributed by atoms with Gasteiger partial charge in [-0.25, -0.2) is 9.97 Å². The van der Waals surface area contributed by atoms with Gasteiger partial charge < -0.3 is 4.74 Å². The summed E-state index contributed by atoms with van der Waals surface area (Å²) in [4.78, 5) is 20.9. The molecular formula is C16H16N2O2. The van der Waals surface area contributed by atoms with E-state index in [-0.39, 0.29) is 5.78 Å². The predicted molar refractivity (Wildman–Crippen MR) is 74.5 cm³/mol. The zero-order chi connectivity index (χ0) is 13.8. The molecule has 0 amide bonds. The molecule has 20 heavy (non-hydrogen) atoms. The van der Waals surface area contributed by atoms with E-state index in [0.717, 1.165) is 5.56 Å². The zero-order valence-electron chi connectivity index (χ0n) is 11.2. The van der Waals surface area contributed by atoms with E-state index in [2.05, 4.69) is 9.97 Å². The molecule has 102 valence electrons. The number of aromatic nitrogens is 2. The molecule has 1 aliphatic rings. The summed E-state index contributed by atoms with van der Waals surface area (Å²) >= 11 is 0. The van der Waals surface area contributed by atoms with Crippen molar-refractivity contribution in [1.82, 2.24) is 9.97 Å². The molecule has 1 aromatic heterocycles. The van der Waals surface area contributed by atoms with Gasteiger partial charge in [-0.2, -0.15) is 0 Å². The lowest BCUT2D eigenvalue weighted by molar-refractivity contribution is 0.0423. The third-order valence-electron chi connectivity index (χ3n) is 3.93. The van der Waals surface area contributed by atoms with E-state index >= 15 is 0 Å². The van der Waals surface area contributed by atoms with Gasteiger partial charge in [-0.3, -0.25) is 4.79 Å². The molecular weight excluding hydrogens is 252 g/mol. The van der Waals surface area contributed by atoms with Crippen molar-refractivity contribution in [3.63, 3.8) is 0 Å². The molecule has 0 atom stereocenters. The summed E-state index contributed by atoms with van der Waals surface area (Å²) in [7, 11) is 0. The van der Waals surface area contributed by atoms with Gasteiger partial charge in [0, 0.05) is 25.6 Å². The average Bonchev–Trinajstić information content (AvgIpc) is 2.56. The Bertz CT molecular complexity index is 578. The molecule has 1 aliphatic heterocycles. The van der Waals surface area contributed by atoms with Crippen molar-refractivity contribution in [2.75, 3.05) is 13.2 Å². The molecule has 0 N–H and O–H groups in total. The molecule has 1 saturated heterocycles. The summed E-state index contributed by atoms with van der Waals surface area (Å²) in [6, 6.07) is 9.95. The molecule has 2 aromatic rings. The molecule has 0 radical (unpaired) electrons. The summed E-state index contributed by atoms with van der Waals surface area (Å²) in [5.41, 5.74) is 1.11. The topological polar surface area (TPSA) is 52.1 Å². The number of benzene rings is 1. The molecule has 0 saturated carbocycles. The maximum absolute atomic E-state index is 13.0. The molecule has 1 fully saturated rings. The lowest BCUT2D eigenvalue weighted by atomic mass is 9.69. The number of hydrogen-bond donors (Lipinski definition) is 0. The van der Waals surface area contributed by atoms with Crippen LogP contribution in [0, 0.1) is 0 Å². The van der Waals surface area contributed by atoms with E-state index in [9.17, 15) is 4.79 Å². The Balaban J connectivity index is 2.05. The second kappa shape index (κ2) is 5.51. The number of carbonyl (C=O) groups is 1. The lowest BCUT2D eigenvalue weighted by Crippen LogP contribution is -2.41. The number of rotatable bonds is 3. The monoisotopic (exact) mass is 268 g/mol. The van der Waals surface area contributed by atoms with E-state index in [1.807, 2.05) is 30.3 Å². The molecule has 3 rings (SSSR count). The number of ether oxygens (including phenoxy) is 1. The summed E-state index contributed by atoms with van der Waals surface area (Å²) in [6.07, 6.45) is 6.02. The van der Waals surface area contributed by atoms with Crippen LogP contribution in [-0.4, -0.2) is 29.0 Å². The van der Waals surface area contributed by atoms with Gasteiger partial charge in [-0.05, 0) is 18.4 Å². The third kappa shape index (κ3) is 2.23. The van der Waals surface area contributed by atoms with Crippen LogP contribution >= 0.6 is 0 Å². The lowest BCUT2D eigenvalue weighted by Gasteiger charge is -2.36. The fraction of sp³-hybridized carbons (Fsp3) is 0.312.